The fourth-order valence-electron chi connectivity index (χ4n) is 3.03. The van der Waals surface area contributed by atoms with Crippen molar-refractivity contribution < 1.29 is 4.74 Å². The lowest BCUT2D eigenvalue weighted by atomic mass is 10.1. The molecule has 1 aliphatic rings. The van der Waals surface area contributed by atoms with Crippen molar-refractivity contribution in [3.63, 3.8) is 0 Å². The molecule has 4 heteroatoms. The average Bonchev–Trinajstić information content (AvgIpc) is 2.47. The Kier molecular flexibility index (Phi) is 5.40. The predicted molar refractivity (Wildman–Crippen MR) is 82.9 cm³/mol. The second-order valence-corrected chi connectivity index (χ2v) is 5.56. The summed E-state index contributed by atoms with van der Waals surface area (Å²) in [6.07, 6.45) is 0. The molecule has 1 aliphatic heterocycles. The van der Waals surface area contributed by atoms with Crippen molar-refractivity contribution in [1.29, 1.82) is 0 Å². The van der Waals surface area contributed by atoms with Crippen molar-refractivity contribution in [3.05, 3.63) is 29.3 Å². The Morgan fingerprint density at radius 3 is 2.75 bits per heavy atom. The Labute approximate surface area is 122 Å². The topological polar surface area (TPSA) is 41.7 Å². The Balaban J connectivity index is 2.00. The van der Waals surface area contributed by atoms with Gasteiger partial charge in [0.25, 0.3) is 0 Å². The lowest BCUT2D eigenvalue weighted by molar-refractivity contribution is 0.0834. The normalized spacial score (nSPS) is 21.1. The van der Waals surface area contributed by atoms with Crippen LogP contribution >= 0.6 is 0 Å². The lowest BCUT2D eigenvalue weighted by Gasteiger charge is -2.39. The Morgan fingerprint density at radius 1 is 1.35 bits per heavy atom. The third-order valence-corrected chi connectivity index (χ3v) is 4.23. The van der Waals surface area contributed by atoms with Crippen LogP contribution in [0.2, 0.25) is 0 Å². The highest BCUT2D eigenvalue weighted by atomic mass is 16.5. The van der Waals surface area contributed by atoms with E-state index in [1.54, 1.807) is 7.11 Å². The second kappa shape index (κ2) is 7.07. The number of nitrogens with two attached hydrogens (primary N) is 1. The van der Waals surface area contributed by atoms with E-state index in [4.69, 9.17) is 10.5 Å². The fraction of sp³-hybridized carbons (Fsp3) is 0.625. The van der Waals surface area contributed by atoms with Gasteiger partial charge in [-0.2, -0.15) is 0 Å². The van der Waals surface area contributed by atoms with Crippen molar-refractivity contribution in [2.45, 2.75) is 33.0 Å². The molecule has 0 radical (unpaired) electrons. The third kappa shape index (κ3) is 3.51. The Bertz CT molecular complexity index is 436. The molecule has 0 spiro atoms. The van der Waals surface area contributed by atoms with Crippen molar-refractivity contribution in [2.75, 3.05) is 33.3 Å². The van der Waals surface area contributed by atoms with E-state index in [0.29, 0.717) is 12.6 Å². The van der Waals surface area contributed by atoms with Gasteiger partial charge in [-0.25, -0.2) is 0 Å². The number of piperazine rings is 1. The first-order valence-electron chi connectivity index (χ1n) is 7.50. The van der Waals surface area contributed by atoms with Crippen LogP contribution in [0.5, 0.6) is 5.75 Å². The lowest BCUT2D eigenvalue weighted by Crippen LogP contribution is -2.51. The van der Waals surface area contributed by atoms with Crippen LogP contribution in [-0.2, 0) is 13.1 Å². The number of rotatable bonds is 5. The highest BCUT2D eigenvalue weighted by Gasteiger charge is 2.22. The van der Waals surface area contributed by atoms with Gasteiger partial charge in [-0.1, -0.05) is 13.0 Å². The number of likely N-dealkylation sites (N-methyl/N-ethyl adjacent to an activating group) is 1. The molecule has 20 heavy (non-hydrogen) atoms. The molecule has 0 bridgehead atoms. The molecule has 1 aromatic carbocycles. The molecule has 0 amide bonds. The first-order chi connectivity index (χ1) is 9.67. The van der Waals surface area contributed by atoms with Crippen LogP contribution in [0.3, 0.4) is 0 Å². The summed E-state index contributed by atoms with van der Waals surface area (Å²) in [5.41, 5.74) is 8.20. The summed E-state index contributed by atoms with van der Waals surface area (Å²) < 4.78 is 5.33. The molecule has 1 atom stereocenters. The molecule has 2 N–H and O–H groups in total. The molecular weight excluding hydrogens is 250 g/mol. The van der Waals surface area contributed by atoms with Gasteiger partial charge in [-0.15, -0.1) is 0 Å². The summed E-state index contributed by atoms with van der Waals surface area (Å²) in [6.45, 7) is 10.7. The van der Waals surface area contributed by atoms with Gasteiger partial charge in [-0.05, 0) is 31.2 Å². The second-order valence-electron chi connectivity index (χ2n) is 5.56. The molecule has 1 fully saturated rings. The summed E-state index contributed by atoms with van der Waals surface area (Å²) in [7, 11) is 1.69. The minimum Gasteiger partial charge on any atom is -0.496 e. The van der Waals surface area contributed by atoms with E-state index >= 15 is 0 Å². The van der Waals surface area contributed by atoms with Gasteiger partial charge in [0.15, 0.2) is 0 Å². The van der Waals surface area contributed by atoms with E-state index < -0.39 is 0 Å². The molecule has 0 aliphatic carbocycles. The molecule has 0 aromatic heterocycles. The maximum Gasteiger partial charge on any atom is 0.123 e. The van der Waals surface area contributed by atoms with Crippen molar-refractivity contribution >= 4 is 0 Å². The first-order valence-corrected chi connectivity index (χ1v) is 7.50. The molecule has 1 heterocycles. The number of nitrogens with zero attached hydrogens (tertiary/aromatic N) is 2. The third-order valence-electron chi connectivity index (χ3n) is 4.23. The fourth-order valence-corrected chi connectivity index (χ4v) is 3.03. The van der Waals surface area contributed by atoms with Crippen LogP contribution in [0.1, 0.15) is 25.0 Å². The number of hydrogen-bond donors (Lipinski definition) is 1. The van der Waals surface area contributed by atoms with Crippen LogP contribution < -0.4 is 10.5 Å². The Hall–Kier alpha value is -1.10. The zero-order valence-electron chi connectivity index (χ0n) is 12.9. The van der Waals surface area contributed by atoms with Crippen LogP contribution in [0.4, 0.5) is 0 Å². The number of benzene rings is 1. The largest absolute Gasteiger partial charge is 0.496 e. The van der Waals surface area contributed by atoms with Gasteiger partial charge in [0.05, 0.1) is 7.11 Å². The number of hydrogen-bond acceptors (Lipinski definition) is 4. The highest BCUT2D eigenvalue weighted by molar-refractivity contribution is 5.37. The van der Waals surface area contributed by atoms with Gasteiger partial charge >= 0.3 is 0 Å². The standard InChI is InChI=1S/C16H27N3O/c1-4-19-8-7-18(11-13(19)2)12-14-5-6-16(20-3)15(9-14)10-17/h5-6,9,13H,4,7-8,10-12,17H2,1-3H3. The van der Waals surface area contributed by atoms with Gasteiger partial charge in [-0.3, -0.25) is 9.80 Å². The van der Waals surface area contributed by atoms with Gasteiger partial charge in [0, 0.05) is 44.3 Å². The number of methoxy groups -OCH3 is 1. The van der Waals surface area contributed by atoms with Gasteiger partial charge < -0.3 is 10.5 Å². The smallest absolute Gasteiger partial charge is 0.123 e. The van der Waals surface area contributed by atoms with Crippen LogP contribution in [0.15, 0.2) is 18.2 Å². The number of ether oxygens (including phenoxy) is 1. The summed E-state index contributed by atoms with van der Waals surface area (Å²) in [5.74, 6) is 0.889. The SMILES string of the molecule is CCN1CCN(Cc2ccc(OC)c(CN)c2)CC1C. The average molecular weight is 277 g/mol. The summed E-state index contributed by atoms with van der Waals surface area (Å²) in [6, 6.07) is 6.99. The zero-order chi connectivity index (χ0) is 14.5. The van der Waals surface area contributed by atoms with E-state index in [1.807, 2.05) is 6.07 Å². The highest BCUT2D eigenvalue weighted by Crippen LogP contribution is 2.21. The molecular formula is C16H27N3O. The predicted octanol–water partition coefficient (Wildman–Crippen LogP) is 1.68. The molecule has 0 saturated carbocycles. The molecule has 1 aromatic rings. The summed E-state index contributed by atoms with van der Waals surface area (Å²) in [5, 5.41) is 0. The van der Waals surface area contributed by atoms with Crippen LogP contribution in [0, 0.1) is 0 Å². The molecule has 1 unspecified atom stereocenters. The first kappa shape index (κ1) is 15.3. The van der Waals surface area contributed by atoms with E-state index in [9.17, 15) is 0 Å². The maximum absolute atomic E-state index is 5.79. The van der Waals surface area contributed by atoms with E-state index in [2.05, 4.69) is 35.8 Å². The molecule has 112 valence electrons. The van der Waals surface area contributed by atoms with Crippen molar-refractivity contribution in [3.8, 4) is 5.75 Å². The van der Waals surface area contributed by atoms with Crippen molar-refractivity contribution in [2.24, 2.45) is 5.73 Å². The molecule has 2 rings (SSSR count). The van der Waals surface area contributed by atoms with Gasteiger partial charge in [0.1, 0.15) is 5.75 Å². The quantitative estimate of drug-likeness (QED) is 0.889. The van der Waals surface area contributed by atoms with Crippen LogP contribution in [0.25, 0.3) is 0 Å². The van der Waals surface area contributed by atoms with Crippen molar-refractivity contribution in [1.82, 2.24) is 9.80 Å². The van der Waals surface area contributed by atoms with Crippen LogP contribution in [-0.4, -0.2) is 49.1 Å². The van der Waals surface area contributed by atoms with E-state index in [0.717, 1.165) is 44.0 Å². The monoisotopic (exact) mass is 277 g/mol. The molecule has 4 nitrogen and oxygen atoms in total. The van der Waals surface area contributed by atoms with Gasteiger partial charge in [0.2, 0.25) is 0 Å². The maximum atomic E-state index is 5.79. The van der Waals surface area contributed by atoms with E-state index in [-0.39, 0.29) is 0 Å². The minimum atomic E-state index is 0.525. The Morgan fingerprint density at radius 2 is 2.15 bits per heavy atom. The minimum absolute atomic E-state index is 0.525. The summed E-state index contributed by atoms with van der Waals surface area (Å²) in [4.78, 5) is 5.06. The summed E-state index contributed by atoms with van der Waals surface area (Å²) >= 11 is 0. The van der Waals surface area contributed by atoms with E-state index in [1.165, 1.54) is 5.56 Å². The molecule has 1 saturated heterocycles. The zero-order valence-corrected chi connectivity index (χ0v) is 12.9.